The molecule has 0 aliphatic rings. The first-order valence-electron chi connectivity index (χ1n) is 7.17. The van der Waals surface area contributed by atoms with E-state index in [0.717, 1.165) is 11.1 Å². The molecule has 0 heterocycles. The van der Waals surface area contributed by atoms with Gasteiger partial charge in [-0.15, -0.1) is 0 Å². The minimum Gasteiger partial charge on any atom is -0.508 e. The second-order valence-corrected chi connectivity index (χ2v) is 4.98. The number of hydrogen-bond acceptors (Lipinski definition) is 2. The molecule has 0 aromatic heterocycles. The summed E-state index contributed by atoms with van der Waals surface area (Å²) in [6.07, 6.45) is 1.28. The van der Waals surface area contributed by atoms with Gasteiger partial charge in [-0.05, 0) is 48.2 Å². The third kappa shape index (κ3) is 5.44. The minimum absolute atomic E-state index is 0.229. The van der Waals surface area contributed by atoms with Crippen molar-refractivity contribution < 1.29 is 14.3 Å². The Kier molecular flexibility index (Phi) is 5.77. The zero-order chi connectivity index (χ0) is 15.8. The Hall–Kier alpha value is -2.56. The lowest BCUT2D eigenvalue weighted by atomic mass is 10.1. The number of halogens is 1. The first kappa shape index (κ1) is 15.8. The number of carbonyl (C=O) groups excluding carboxylic acids is 1. The van der Waals surface area contributed by atoms with Gasteiger partial charge in [-0.25, -0.2) is 9.18 Å². The maximum Gasteiger partial charge on any atom is 0.314 e. The van der Waals surface area contributed by atoms with Crippen LogP contribution < -0.4 is 10.6 Å². The van der Waals surface area contributed by atoms with E-state index in [4.69, 9.17) is 0 Å². The molecular weight excluding hydrogens is 283 g/mol. The molecule has 0 spiro atoms. The molecule has 0 fully saturated rings. The number of urea groups is 1. The molecule has 0 atom stereocenters. The number of aromatic hydroxyl groups is 1. The Morgan fingerprint density at radius 2 is 1.59 bits per heavy atom. The summed E-state index contributed by atoms with van der Waals surface area (Å²) in [4.78, 5) is 11.6. The Morgan fingerprint density at radius 3 is 2.23 bits per heavy atom. The molecule has 3 N–H and O–H groups in total. The van der Waals surface area contributed by atoms with Crippen LogP contribution in [0.4, 0.5) is 9.18 Å². The molecule has 2 amide bonds. The van der Waals surface area contributed by atoms with Gasteiger partial charge in [0.2, 0.25) is 0 Å². The number of benzene rings is 2. The molecule has 2 aromatic rings. The van der Waals surface area contributed by atoms with Crippen LogP contribution in [0.3, 0.4) is 0 Å². The quantitative estimate of drug-likeness (QED) is 0.768. The van der Waals surface area contributed by atoms with Gasteiger partial charge in [0.05, 0.1) is 0 Å². The van der Waals surface area contributed by atoms with Gasteiger partial charge < -0.3 is 15.7 Å². The van der Waals surface area contributed by atoms with Crippen molar-refractivity contribution in [3.8, 4) is 5.75 Å². The standard InChI is InChI=1S/C17H19FN2O2/c18-15-3-1-2-14(12-15)9-11-20-17(22)19-10-8-13-4-6-16(21)7-5-13/h1-7,12,21H,8-11H2,(H2,19,20,22). The molecule has 0 radical (unpaired) electrons. The lowest BCUT2D eigenvalue weighted by Crippen LogP contribution is -2.37. The van der Waals surface area contributed by atoms with Crippen LogP contribution >= 0.6 is 0 Å². The van der Waals surface area contributed by atoms with Gasteiger partial charge in [0.25, 0.3) is 0 Å². The number of carbonyl (C=O) groups is 1. The smallest absolute Gasteiger partial charge is 0.314 e. The molecule has 0 bridgehead atoms. The molecule has 5 heteroatoms. The second kappa shape index (κ2) is 8.02. The highest BCUT2D eigenvalue weighted by atomic mass is 19.1. The molecule has 116 valence electrons. The SMILES string of the molecule is O=C(NCCc1ccc(O)cc1)NCCc1cccc(F)c1. The van der Waals surface area contributed by atoms with Gasteiger partial charge in [0.15, 0.2) is 0 Å². The van der Waals surface area contributed by atoms with Gasteiger partial charge >= 0.3 is 6.03 Å². The number of hydrogen-bond donors (Lipinski definition) is 3. The molecule has 0 saturated heterocycles. The second-order valence-electron chi connectivity index (χ2n) is 4.98. The van der Waals surface area contributed by atoms with Crippen LogP contribution in [0.2, 0.25) is 0 Å². The summed E-state index contributed by atoms with van der Waals surface area (Å²) >= 11 is 0. The van der Waals surface area contributed by atoms with Crippen LogP contribution in [0.15, 0.2) is 48.5 Å². The summed E-state index contributed by atoms with van der Waals surface area (Å²) in [6.45, 7) is 0.963. The van der Waals surface area contributed by atoms with Gasteiger partial charge in [-0.2, -0.15) is 0 Å². The predicted molar refractivity (Wildman–Crippen MR) is 83.3 cm³/mol. The van der Waals surface area contributed by atoms with E-state index in [9.17, 15) is 14.3 Å². The van der Waals surface area contributed by atoms with E-state index in [0.29, 0.717) is 25.9 Å². The highest BCUT2D eigenvalue weighted by Gasteiger charge is 2.01. The van der Waals surface area contributed by atoms with Gasteiger partial charge in [0.1, 0.15) is 11.6 Å². The van der Waals surface area contributed by atoms with Crippen molar-refractivity contribution in [2.75, 3.05) is 13.1 Å². The first-order chi connectivity index (χ1) is 10.6. The fraction of sp³-hybridized carbons (Fsp3) is 0.235. The molecule has 0 aliphatic carbocycles. The number of nitrogens with one attached hydrogen (secondary N) is 2. The molecule has 2 rings (SSSR count). The normalized spacial score (nSPS) is 10.2. The summed E-state index contributed by atoms with van der Waals surface area (Å²) in [6, 6.07) is 13.0. The number of phenols is 1. The largest absolute Gasteiger partial charge is 0.508 e. The highest BCUT2D eigenvalue weighted by molar-refractivity contribution is 5.73. The van der Waals surface area contributed by atoms with E-state index in [-0.39, 0.29) is 17.6 Å². The van der Waals surface area contributed by atoms with Gasteiger partial charge in [-0.3, -0.25) is 0 Å². The average Bonchev–Trinajstić information content (AvgIpc) is 2.49. The van der Waals surface area contributed by atoms with Crippen molar-refractivity contribution >= 4 is 6.03 Å². The Balaban J connectivity index is 1.62. The van der Waals surface area contributed by atoms with Crippen molar-refractivity contribution in [2.45, 2.75) is 12.8 Å². The summed E-state index contributed by atoms with van der Waals surface area (Å²) in [5.74, 6) is -0.0392. The molecule has 0 unspecified atom stereocenters. The first-order valence-corrected chi connectivity index (χ1v) is 7.17. The van der Waals surface area contributed by atoms with Crippen molar-refractivity contribution in [3.63, 3.8) is 0 Å². The van der Waals surface area contributed by atoms with E-state index in [1.807, 2.05) is 18.2 Å². The predicted octanol–water partition coefficient (Wildman–Crippen LogP) is 2.62. The van der Waals surface area contributed by atoms with E-state index >= 15 is 0 Å². The fourth-order valence-corrected chi connectivity index (χ4v) is 2.06. The molecule has 4 nitrogen and oxygen atoms in total. The summed E-state index contributed by atoms with van der Waals surface area (Å²) in [7, 11) is 0. The molecule has 0 aliphatic heterocycles. The third-order valence-electron chi connectivity index (χ3n) is 3.22. The van der Waals surface area contributed by atoms with Crippen LogP contribution in [-0.2, 0) is 12.8 Å². The monoisotopic (exact) mass is 302 g/mol. The Bertz CT molecular complexity index is 614. The minimum atomic E-state index is -0.268. The van der Waals surface area contributed by atoms with E-state index in [1.165, 1.54) is 12.1 Å². The Labute approximate surface area is 129 Å². The van der Waals surface area contributed by atoms with Gasteiger partial charge in [0, 0.05) is 13.1 Å². The Morgan fingerprint density at radius 1 is 0.955 bits per heavy atom. The van der Waals surface area contributed by atoms with Crippen molar-refractivity contribution in [1.82, 2.24) is 10.6 Å². The highest BCUT2D eigenvalue weighted by Crippen LogP contribution is 2.09. The van der Waals surface area contributed by atoms with Crippen LogP contribution in [0.25, 0.3) is 0 Å². The average molecular weight is 302 g/mol. The molecule has 0 saturated carbocycles. The maximum atomic E-state index is 13.0. The van der Waals surface area contributed by atoms with E-state index < -0.39 is 0 Å². The lowest BCUT2D eigenvalue weighted by molar-refractivity contribution is 0.241. The van der Waals surface area contributed by atoms with E-state index in [2.05, 4.69) is 10.6 Å². The van der Waals surface area contributed by atoms with Crippen molar-refractivity contribution in [3.05, 3.63) is 65.5 Å². The molecule has 2 aromatic carbocycles. The van der Waals surface area contributed by atoms with Crippen LogP contribution in [-0.4, -0.2) is 24.2 Å². The zero-order valence-corrected chi connectivity index (χ0v) is 12.2. The van der Waals surface area contributed by atoms with Crippen LogP contribution in [0.5, 0.6) is 5.75 Å². The lowest BCUT2D eigenvalue weighted by Gasteiger charge is -2.08. The van der Waals surface area contributed by atoms with Gasteiger partial charge in [-0.1, -0.05) is 24.3 Å². The molecule has 22 heavy (non-hydrogen) atoms. The van der Waals surface area contributed by atoms with Crippen molar-refractivity contribution in [1.29, 1.82) is 0 Å². The molecular formula is C17H19FN2O2. The zero-order valence-electron chi connectivity index (χ0n) is 12.2. The summed E-state index contributed by atoms with van der Waals surface area (Å²) < 4.78 is 13.0. The van der Waals surface area contributed by atoms with Crippen LogP contribution in [0, 0.1) is 5.82 Å². The topological polar surface area (TPSA) is 61.4 Å². The van der Waals surface area contributed by atoms with Crippen molar-refractivity contribution in [2.24, 2.45) is 0 Å². The number of phenolic OH excluding ortho intramolecular Hbond substituents is 1. The number of amides is 2. The third-order valence-corrected chi connectivity index (χ3v) is 3.22. The summed E-state index contributed by atoms with van der Waals surface area (Å²) in [5, 5.41) is 14.7. The summed E-state index contributed by atoms with van der Waals surface area (Å²) in [5.41, 5.74) is 1.89. The van der Waals surface area contributed by atoms with E-state index in [1.54, 1.807) is 18.2 Å². The number of rotatable bonds is 6. The van der Waals surface area contributed by atoms with Crippen LogP contribution in [0.1, 0.15) is 11.1 Å². The fourth-order valence-electron chi connectivity index (χ4n) is 2.06. The maximum absolute atomic E-state index is 13.0.